The van der Waals surface area contributed by atoms with E-state index in [0.29, 0.717) is 18.4 Å². The highest BCUT2D eigenvalue weighted by atomic mass is 31.2. The lowest BCUT2D eigenvalue weighted by Crippen LogP contribution is -2.48. The molecule has 0 aliphatic heterocycles. The van der Waals surface area contributed by atoms with Gasteiger partial charge in [0.1, 0.15) is 0 Å². The summed E-state index contributed by atoms with van der Waals surface area (Å²) in [4.78, 5) is 34.9. The standard InChI is InChI=1S/C26H34N3O6P/c1-18(2)13-23(27-17-36(33,34)35-16-20-9-5-4-6-10-20)25(30)28-19(3)14-21-15-29(26(31)32)24-12-8-7-11-22(21)24/h4-12,15,18-19,23,27H,13-14,16-17H2,1-3H3,(H,28,30)(H,31,32)(H,33,34)/t19-,23+/m1/s1. The number of hydrogen-bond acceptors (Lipinski definition) is 5. The summed E-state index contributed by atoms with van der Waals surface area (Å²) in [6, 6.07) is 15.3. The molecule has 3 rings (SSSR count). The van der Waals surface area contributed by atoms with Gasteiger partial charge in [0.15, 0.2) is 0 Å². The van der Waals surface area contributed by atoms with E-state index in [1.165, 1.54) is 4.57 Å². The molecule has 1 amide bonds. The van der Waals surface area contributed by atoms with Gasteiger partial charge >= 0.3 is 13.7 Å². The van der Waals surface area contributed by atoms with Crippen molar-refractivity contribution in [2.45, 2.75) is 52.3 Å². The van der Waals surface area contributed by atoms with E-state index >= 15 is 0 Å². The largest absolute Gasteiger partial charge is 0.464 e. The van der Waals surface area contributed by atoms with Gasteiger partial charge in [0.2, 0.25) is 5.91 Å². The van der Waals surface area contributed by atoms with E-state index in [9.17, 15) is 24.2 Å². The summed E-state index contributed by atoms with van der Waals surface area (Å²) in [5, 5.41) is 16.2. The second kappa shape index (κ2) is 12.3. The molecule has 1 heterocycles. The van der Waals surface area contributed by atoms with Crippen molar-refractivity contribution in [2.24, 2.45) is 5.92 Å². The minimum Gasteiger partial charge on any atom is -0.464 e. The average Bonchev–Trinajstić information content (AvgIpc) is 3.19. The molecule has 9 nitrogen and oxygen atoms in total. The number of amides is 1. The lowest BCUT2D eigenvalue weighted by molar-refractivity contribution is -0.124. The van der Waals surface area contributed by atoms with Crippen LogP contribution in [0.3, 0.4) is 0 Å². The Hall–Kier alpha value is -2.97. The first kappa shape index (κ1) is 27.6. The highest BCUT2D eigenvalue weighted by Crippen LogP contribution is 2.41. The van der Waals surface area contributed by atoms with Crippen LogP contribution in [0.1, 0.15) is 38.3 Å². The highest BCUT2D eigenvalue weighted by Gasteiger charge is 2.27. The quantitative estimate of drug-likeness (QED) is 0.260. The second-order valence-corrected chi connectivity index (χ2v) is 11.2. The van der Waals surface area contributed by atoms with Crippen LogP contribution in [0.5, 0.6) is 0 Å². The molecule has 2 aromatic carbocycles. The Kier molecular flexibility index (Phi) is 9.45. The fourth-order valence-corrected chi connectivity index (χ4v) is 4.96. The van der Waals surface area contributed by atoms with E-state index in [1.54, 1.807) is 30.5 Å². The van der Waals surface area contributed by atoms with Crippen LogP contribution >= 0.6 is 7.60 Å². The molecule has 10 heteroatoms. The molecule has 0 radical (unpaired) electrons. The van der Waals surface area contributed by atoms with Crippen LogP contribution in [0.15, 0.2) is 60.8 Å². The first-order valence-corrected chi connectivity index (χ1v) is 13.7. The summed E-state index contributed by atoms with van der Waals surface area (Å²) in [7, 11) is -3.97. The third-order valence-electron chi connectivity index (χ3n) is 5.75. The summed E-state index contributed by atoms with van der Waals surface area (Å²) >= 11 is 0. The van der Waals surface area contributed by atoms with Gasteiger partial charge in [-0.2, -0.15) is 0 Å². The number of carbonyl (C=O) groups is 2. The Bertz CT molecular complexity index is 1230. The number of carboxylic acid groups (broad SMARTS) is 1. The van der Waals surface area contributed by atoms with E-state index in [0.717, 1.165) is 16.5 Å². The summed E-state index contributed by atoms with van der Waals surface area (Å²) in [6.45, 7) is 5.78. The predicted octanol–water partition coefficient (Wildman–Crippen LogP) is 4.58. The maximum atomic E-state index is 13.1. The molecule has 0 spiro atoms. The molecule has 1 unspecified atom stereocenters. The zero-order valence-corrected chi connectivity index (χ0v) is 21.7. The lowest BCUT2D eigenvalue weighted by Gasteiger charge is -2.24. The SMILES string of the molecule is CC(C)C[C@H](NCP(=O)(O)OCc1ccccc1)C(=O)N[C@H](C)Cc1cn(C(=O)O)c2ccccc12. The summed E-state index contributed by atoms with van der Waals surface area (Å²) in [5.41, 5.74) is 2.18. The molecule has 194 valence electrons. The van der Waals surface area contributed by atoms with Crippen molar-refractivity contribution in [3.8, 4) is 0 Å². The van der Waals surface area contributed by atoms with E-state index in [2.05, 4.69) is 10.6 Å². The molecule has 0 bridgehead atoms. The van der Waals surface area contributed by atoms with Crippen LogP contribution in [-0.4, -0.2) is 44.9 Å². The van der Waals surface area contributed by atoms with Gasteiger partial charge in [-0.05, 0) is 42.9 Å². The molecule has 1 aromatic heterocycles. The summed E-state index contributed by atoms with van der Waals surface area (Å²) in [6.07, 6.45) is 1.05. The summed E-state index contributed by atoms with van der Waals surface area (Å²) < 4.78 is 19.0. The minimum atomic E-state index is -3.97. The number of benzene rings is 2. The topological polar surface area (TPSA) is 130 Å². The maximum absolute atomic E-state index is 13.1. The Morgan fingerprint density at radius 3 is 2.39 bits per heavy atom. The van der Waals surface area contributed by atoms with Crippen molar-refractivity contribution in [1.82, 2.24) is 15.2 Å². The number of nitrogens with one attached hydrogen (secondary N) is 2. The van der Waals surface area contributed by atoms with Gasteiger partial charge in [0, 0.05) is 17.6 Å². The Morgan fingerprint density at radius 2 is 1.72 bits per heavy atom. The zero-order valence-electron chi connectivity index (χ0n) is 20.8. The number of nitrogens with zero attached hydrogens (tertiary/aromatic N) is 1. The Labute approximate surface area is 211 Å². The van der Waals surface area contributed by atoms with Crippen molar-refractivity contribution in [3.63, 3.8) is 0 Å². The smallest absolute Gasteiger partial charge is 0.416 e. The number of carbonyl (C=O) groups excluding carboxylic acids is 1. The third-order valence-corrected chi connectivity index (χ3v) is 6.87. The fraction of sp³-hybridized carbons (Fsp3) is 0.385. The molecule has 36 heavy (non-hydrogen) atoms. The van der Waals surface area contributed by atoms with Crippen molar-refractivity contribution < 1.29 is 28.7 Å². The van der Waals surface area contributed by atoms with Crippen molar-refractivity contribution in [3.05, 3.63) is 71.9 Å². The van der Waals surface area contributed by atoms with Gasteiger partial charge in [-0.15, -0.1) is 0 Å². The van der Waals surface area contributed by atoms with Crippen LogP contribution < -0.4 is 10.6 Å². The number of rotatable bonds is 12. The van der Waals surface area contributed by atoms with Crippen molar-refractivity contribution >= 4 is 30.5 Å². The number of fused-ring (bicyclic) bond motifs is 1. The second-order valence-electron chi connectivity index (χ2n) is 9.38. The highest BCUT2D eigenvalue weighted by molar-refractivity contribution is 7.52. The number of para-hydroxylation sites is 1. The zero-order chi connectivity index (χ0) is 26.3. The van der Waals surface area contributed by atoms with E-state index in [4.69, 9.17) is 4.52 Å². The van der Waals surface area contributed by atoms with E-state index < -0.39 is 19.7 Å². The maximum Gasteiger partial charge on any atom is 0.416 e. The molecular weight excluding hydrogens is 481 g/mol. The van der Waals surface area contributed by atoms with Crippen LogP contribution in [0.25, 0.3) is 10.9 Å². The lowest BCUT2D eigenvalue weighted by atomic mass is 10.0. The molecule has 0 aliphatic carbocycles. The molecule has 0 saturated carbocycles. The van der Waals surface area contributed by atoms with Gasteiger partial charge in [-0.1, -0.05) is 62.4 Å². The first-order valence-electron chi connectivity index (χ1n) is 11.9. The predicted molar refractivity (Wildman–Crippen MR) is 139 cm³/mol. The minimum absolute atomic E-state index is 0.00166. The van der Waals surface area contributed by atoms with Crippen molar-refractivity contribution in [1.29, 1.82) is 0 Å². The van der Waals surface area contributed by atoms with Gasteiger partial charge in [0.05, 0.1) is 24.5 Å². The monoisotopic (exact) mass is 515 g/mol. The first-order chi connectivity index (χ1) is 17.1. The average molecular weight is 516 g/mol. The molecule has 0 aliphatic rings. The summed E-state index contributed by atoms with van der Waals surface area (Å²) in [5.74, 6) is -0.123. The van der Waals surface area contributed by atoms with Crippen LogP contribution in [-0.2, 0) is 26.9 Å². The Morgan fingerprint density at radius 1 is 1.06 bits per heavy atom. The molecular formula is C26H34N3O6P. The van der Waals surface area contributed by atoms with Gasteiger partial charge in [-0.3, -0.25) is 19.2 Å². The fourth-order valence-electron chi connectivity index (χ4n) is 4.07. The molecule has 0 fully saturated rings. The molecule has 3 atom stereocenters. The van der Waals surface area contributed by atoms with Crippen LogP contribution in [0.4, 0.5) is 4.79 Å². The van der Waals surface area contributed by atoms with E-state index in [1.807, 2.05) is 51.1 Å². The third kappa shape index (κ3) is 7.77. The number of hydrogen-bond donors (Lipinski definition) is 4. The van der Waals surface area contributed by atoms with Gasteiger partial charge in [0.25, 0.3) is 0 Å². The van der Waals surface area contributed by atoms with Crippen LogP contribution in [0.2, 0.25) is 0 Å². The van der Waals surface area contributed by atoms with Gasteiger partial charge in [-0.25, -0.2) is 4.79 Å². The molecule has 0 saturated heterocycles. The number of aromatic nitrogens is 1. The van der Waals surface area contributed by atoms with Crippen molar-refractivity contribution in [2.75, 3.05) is 6.29 Å². The van der Waals surface area contributed by atoms with E-state index in [-0.39, 0.29) is 30.8 Å². The Balaban J connectivity index is 1.61. The normalized spacial score (nSPS) is 14.9. The molecule has 4 N–H and O–H groups in total. The molecule has 3 aromatic rings. The van der Waals surface area contributed by atoms with Gasteiger partial charge < -0.3 is 19.8 Å². The van der Waals surface area contributed by atoms with Crippen LogP contribution in [0, 0.1) is 5.92 Å².